The maximum atomic E-state index is 12.3. The lowest BCUT2D eigenvalue weighted by Gasteiger charge is -2.16. The van der Waals surface area contributed by atoms with Crippen LogP contribution in [-0.2, 0) is 16.0 Å². The van der Waals surface area contributed by atoms with E-state index in [0.29, 0.717) is 85.2 Å². The smallest absolute Gasteiger partial charge is 0.315 e. The second kappa shape index (κ2) is 22.7. The number of urea groups is 1. The number of aromatic nitrogens is 3. The van der Waals surface area contributed by atoms with Gasteiger partial charge in [-0.3, -0.25) is 14.7 Å². The monoisotopic (exact) mass is 824 g/mol. The number of carbonyl (C=O) groups is 3. The van der Waals surface area contributed by atoms with E-state index >= 15 is 0 Å². The minimum atomic E-state index is -0.0664. The van der Waals surface area contributed by atoms with E-state index in [-0.39, 0.29) is 29.9 Å². The first-order chi connectivity index (χ1) is 27.7. The predicted molar refractivity (Wildman–Crippen MR) is 229 cm³/mol. The lowest BCUT2D eigenvalue weighted by atomic mass is 10.0. The van der Waals surface area contributed by atoms with E-state index in [1.54, 1.807) is 13.3 Å². The number of hydrogen-bond acceptors (Lipinski definition) is 9. The molecule has 0 bridgehead atoms. The maximum Gasteiger partial charge on any atom is 0.315 e. The molecule has 0 saturated carbocycles. The van der Waals surface area contributed by atoms with Gasteiger partial charge in [0.1, 0.15) is 0 Å². The molecule has 312 valence electrons. The van der Waals surface area contributed by atoms with E-state index in [2.05, 4.69) is 62.5 Å². The van der Waals surface area contributed by atoms with Crippen molar-refractivity contribution in [3.63, 3.8) is 0 Å². The molecule has 6 N–H and O–H groups in total. The average Bonchev–Trinajstić information content (AvgIpc) is 3.97. The highest BCUT2D eigenvalue weighted by Gasteiger charge is 2.42. The molecule has 6 rings (SSSR count). The van der Waals surface area contributed by atoms with Crippen LogP contribution in [0.4, 0.5) is 16.3 Å². The molecule has 2 saturated heterocycles. The third-order valence-corrected chi connectivity index (χ3v) is 12.6. The van der Waals surface area contributed by atoms with Gasteiger partial charge >= 0.3 is 6.03 Å². The number of pyridine rings is 1. The normalized spacial score (nSPS) is 17.9. The van der Waals surface area contributed by atoms with Gasteiger partial charge in [-0.15, -0.1) is 0 Å². The molecule has 1 aromatic carbocycles. The molecular weight excluding hydrogens is 764 g/mol. The summed E-state index contributed by atoms with van der Waals surface area (Å²) < 4.78 is 11.7. The highest BCUT2D eigenvalue weighted by atomic mass is 35.5. The molecule has 4 amide bonds. The molecule has 2 aliphatic heterocycles. The van der Waals surface area contributed by atoms with E-state index in [0.717, 1.165) is 59.7 Å². The summed E-state index contributed by atoms with van der Waals surface area (Å²) in [6, 6.07) is 8.00. The number of benzene rings is 1. The number of amides is 4. The minimum absolute atomic E-state index is 0.00569. The molecule has 2 aromatic heterocycles. The topological polar surface area (TPSA) is 171 Å². The van der Waals surface area contributed by atoms with Crippen molar-refractivity contribution in [2.24, 2.45) is 5.92 Å². The molecule has 15 heteroatoms. The number of hydrogen-bond donors (Lipinski definition) is 6. The van der Waals surface area contributed by atoms with Crippen molar-refractivity contribution in [3.8, 4) is 22.8 Å². The summed E-state index contributed by atoms with van der Waals surface area (Å²) in [7, 11) is 1.61. The highest BCUT2D eigenvalue weighted by Crippen LogP contribution is 2.44. The first-order valence-electron chi connectivity index (χ1n) is 20.7. The Balaban J connectivity index is 0.000000701. The molecule has 4 unspecified atom stereocenters. The lowest BCUT2D eigenvalue weighted by Crippen LogP contribution is -2.36. The Morgan fingerprint density at radius 2 is 1.79 bits per heavy atom. The van der Waals surface area contributed by atoms with E-state index in [4.69, 9.17) is 21.1 Å². The van der Waals surface area contributed by atoms with Gasteiger partial charge in [0, 0.05) is 60.7 Å². The first-order valence-corrected chi connectivity index (χ1v) is 22.1. The quantitative estimate of drug-likeness (QED) is 0.0262. The molecule has 3 aromatic rings. The summed E-state index contributed by atoms with van der Waals surface area (Å²) in [6.07, 6.45) is 13.7. The first kappa shape index (κ1) is 43.9. The zero-order chi connectivity index (χ0) is 40.6. The van der Waals surface area contributed by atoms with Crippen molar-refractivity contribution in [2.45, 2.75) is 122 Å². The summed E-state index contributed by atoms with van der Waals surface area (Å²) in [4.78, 5) is 40.1. The third kappa shape index (κ3) is 12.9. The lowest BCUT2D eigenvalue weighted by molar-refractivity contribution is -0.121. The number of nitrogens with zero attached hydrogens (tertiary/aromatic N) is 2. The molecular formula is C42H61ClN8O5S. The fourth-order valence-corrected chi connectivity index (χ4v) is 8.95. The van der Waals surface area contributed by atoms with Gasteiger partial charge < -0.3 is 36.1 Å². The molecule has 0 spiro atoms. The second-order valence-corrected chi connectivity index (χ2v) is 16.7. The van der Waals surface area contributed by atoms with Gasteiger partial charge in [-0.1, -0.05) is 64.5 Å². The number of fused-ring (bicyclic) bond motifs is 4. The van der Waals surface area contributed by atoms with Gasteiger partial charge in [0.05, 0.1) is 37.2 Å². The Hall–Kier alpha value is -4.17. The van der Waals surface area contributed by atoms with Crippen LogP contribution in [0.25, 0.3) is 11.3 Å². The molecule has 4 heterocycles. The molecule has 2 fully saturated rings. The Bertz CT molecular complexity index is 1780. The third-order valence-electron chi connectivity index (χ3n) is 10.8. The number of thioether (sulfide) groups is 1. The fraction of sp³-hybridized carbons (Fsp3) is 0.595. The molecule has 0 radical (unpaired) electrons. The summed E-state index contributed by atoms with van der Waals surface area (Å²) in [5.41, 5.74) is 4.75. The van der Waals surface area contributed by atoms with Crippen LogP contribution in [0.3, 0.4) is 0 Å². The Kier molecular flexibility index (Phi) is 17.5. The number of anilines is 2. The maximum absolute atomic E-state index is 12.3. The standard InChI is InChI=1S/C34H43ClN8O5S.C8H18/c1-47-25-18-21-20(16-22-30(21)42-43-33(22)39-23-8-6-13-38-32(23)35)17-26(25)48-15-7-14-37-29(45)11-4-5-12-36-28(44)10-3-2-9-27-31-24(19-49-27)40-34(46)41-31;1-4-6-7-8(3)5-2/h6,8,13,17-18,24,27,31H,2-5,7,9-12,14-16,19H2,1H3,(H,36,44)(H,37,45)(H2,39,42,43)(H2,40,41,46);8H,4-7H2,1-3H3. The summed E-state index contributed by atoms with van der Waals surface area (Å²) in [5, 5.41) is 23.5. The van der Waals surface area contributed by atoms with Gasteiger partial charge in [0.25, 0.3) is 0 Å². The number of H-pyrrole nitrogens is 1. The van der Waals surface area contributed by atoms with E-state index in [9.17, 15) is 14.4 Å². The van der Waals surface area contributed by atoms with Crippen LogP contribution < -0.4 is 36.1 Å². The van der Waals surface area contributed by atoms with Crippen molar-refractivity contribution in [1.82, 2.24) is 36.4 Å². The summed E-state index contributed by atoms with van der Waals surface area (Å²) in [6.45, 7) is 8.35. The largest absolute Gasteiger partial charge is 0.493 e. The Morgan fingerprint density at radius 1 is 1.02 bits per heavy atom. The Labute approximate surface area is 346 Å². The van der Waals surface area contributed by atoms with Gasteiger partial charge in [0.15, 0.2) is 22.5 Å². The van der Waals surface area contributed by atoms with Crippen molar-refractivity contribution in [3.05, 3.63) is 46.7 Å². The van der Waals surface area contributed by atoms with Gasteiger partial charge in [0.2, 0.25) is 11.8 Å². The highest BCUT2D eigenvalue weighted by molar-refractivity contribution is 8.00. The number of unbranched alkanes of at least 4 members (excludes halogenated alkanes) is 3. The number of nitrogens with one attached hydrogen (secondary N) is 6. The van der Waals surface area contributed by atoms with Crippen molar-refractivity contribution in [1.29, 1.82) is 0 Å². The molecule has 13 nitrogen and oxygen atoms in total. The van der Waals surface area contributed by atoms with Crippen LogP contribution in [0.2, 0.25) is 5.15 Å². The Morgan fingerprint density at radius 3 is 2.53 bits per heavy atom. The number of rotatable bonds is 22. The van der Waals surface area contributed by atoms with Crippen molar-refractivity contribution in [2.75, 3.05) is 37.9 Å². The number of aromatic amines is 1. The van der Waals surface area contributed by atoms with Crippen LogP contribution in [0, 0.1) is 5.92 Å². The van der Waals surface area contributed by atoms with Gasteiger partial charge in [-0.2, -0.15) is 16.9 Å². The zero-order valence-corrected chi connectivity index (χ0v) is 35.5. The number of methoxy groups -OCH3 is 1. The molecule has 57 heavy (non-hydrogen) atoms. The number of carbonyl (C=O) groups excluding carboxylic acids is 3. The molecule has 3 aliphatic rings. The van der Waals surface area contributed by atoms with Crippen LogP contribution in [0.1, 0.15) is 109 Å². The van der Waals surface area contributed by atoms with Crippen LogP contribution >= 0.6 is 23.4 Å². The van der Waals surface area contributed by atoms with E-state index in [1.807, 2.05) is 36.0 Å². The average molecular weight is 826 g/mol. The van der Waals surface area contributed by atoms with E-state index < -0.39 is 0 Å². The van der Waals surface area contributed by atoms with Crippen LogP contribution in [0.5, 0.6) is 11.5 Å². The summed E-state index contributed by atoms with van der Waals surface area (Å²) in [5.74, 6) is 3.93. The van der Waals surface area contributed by atoms with Crippen molar-refractivity contribution >= 4 is 52.7 Å². The van der Waals surface area contributed by atoms with E-state index in [1.165, 1.54) is 25.7 Å². The number of ether oxygens (including phenoxy) is 2. The van der Waals surface area contributed by atoms with Gasteiger partial charge in [-0.25, -0.2) is 9.78 Å². The van der Waals surface area contributed by atoms with Crippen LogP contribution in [0.15, 0.2) is 30.5 Å². The zero-order valence-electron chi connectivity index (χ0n) is 33.9. The SMILES string of the molecule is CCCCC(C)CC.COc1cc2c(cc1OCCCNC(=O)CCCCNC(=O)CCCCC1SCC3NC(=O)NC31)Cc1c(Nc3cccnc3Cl)n[nH]c1-2. The second-order valence-electron chi connectivity index (χ2n) is 15.1. The van der Waals surface area contributed by atoms with Crippen molar-refractivity contribution < 1.29 is 23.9 Å². The number of halogens is 1. The molecule has 4 atom stereocenters. The predicted octanol–water partition coefficient (Wildman–Crippen LogP) is 7.90. The molecule has 1 aliphatic carbocycles. The summed E-state index contributed by atoms with van der Waals surface area (Å²) >= 11 is 8.12. The minimum Gasteiger partial charge on any atom is -0.493 e. The fourth-order valence-electron chi connectivity index (χ4n) is 7.24. The van der Waals surface area contributed by atoms with Crippen LogP contribution in [-0.4, -0.2) is 82.9 Å². The van der Waals surface area contributed by atoms with Gasteiger partial charge in [-0.05, 0) is 67.9 Å².